The fraction of sp³-hybridized carbons (Fsp3) is 0.235. The smallest absolute Gasteiger partial charge is 0.270 e. The maximum absolute atomic E-state index is 12.3. The third-order valence-electron chi connectivity index (χ3n) is 3.95. The molecule has 1 aliphatic heterocycles. The van der Waals surface area contributed by atoms with E-state index in [9.17, 15) is 14.9 Å². The normalized spacial score (nSPS) is 16.7. The second-order valence-electron chi connectivity index (χ2n) is 5.36. The summed E-state index contributed by atoms with van der Waals surface area (Å²) in [6.07, 6.45) is 0. The summed E-state index contributed by atoms with van der Waals surface area (Å²) >= 11 is 5.76. The summed E-state index contributed by atoms with van der Waals surface area (Å²) in [6, 6.07) is 13.3. The maximum atomic E-state index is 12.3. The summed E-state index contributed by atoms with van der Waals surface area (Å²) in [4.78, 5) is 24.6. The highest BCUT2D eigenvalue weighted by Crippen LogP contribution is 2.38. The predicted octanol–water partition coefficient (Wildman–Crippen LogP) is 3.14. The predicted molar refractivity (Wildman–Crippen MR) is 89.3 cm³/mol. The quantitative estimate of drug-likeness (QED) is 0.486. The van der Waals surface area contributed by atoms with Crippen LogP contribution in [0.2, 0.25) is 0 Å². The van der Waals surface area contributed by atoms with Crippen molar-refractivity contribution < 1.29 is 14.5 Å². The van der Waals surface area contributed by atoms with Crippen LogP contribution in [0.3, 0.4) is 0 Å². The molecule has 2 aromatic rings. The van der Waals surface area contributed by atoms with Crippen LogP contribution in [0, 0.1) is 10.1 Å². The van der Waals surface area contributed by atoms with Crippen LogP contribution in [-0.4, -0.2) is 34.8 Å². The van der Waals surface area contributed by atoms with Crippen molar-refractivity contribution in [1.29, 1.82) is 0 Å². The van der Waals surface area contributed by atoms with Gasteiger partial charge in [-0.2, -0.15) is 0 Å². The summed E-state index contributed by atoms with van der Waals surface area (Å²) < 4.78 is 5.70. The number of carbonyl (C=O) groups excluding carboxylic acids is 1. The zero-order chi connectivity index (χ0) is 17.1. The first-order valence-corrected chi connectivity index (χ1v) is 7.97. The van der Waals surface area contributed by atoms with Crippen LogP contribution in [0.1, 0.15) is 17.2 Å². The Balaban J connectivity index is 2.18. The highest BCUT2D eigenvalue weighted by Gasteiger charge is 2.32. The molecule has 0 N–H and O–H groups in total. The first-order chi connectivity index (χ1) is 11.6. The minimum atomic E-state index is -0.477. The lowest BCUT2D eigenvalue weighted by molar-refractivity contribution is -0.385. The Bertz CT molecular complexity index is 766. The zero-order valence-corrected chi connectivity index (χ0v) is 13.5. The van der Waals surface area contributed by atoms with Crippen LogP contribution in [0.4, 0.5) is 5.69 Å². The summed E-state index contributed by atoms with van der Waals surface area (Å²) in [5, 5.41) is 11.2. The molecule has 1 amide bonds. The number of alkyl halides is 1. The molecule has 0 fully saturated rings. The summed E-state index contributed by atoms with van der Waals surface area (Å²) in [5.74, 6) is 0.140. The van der Waals surface area contributed by atoms with Crippen molar-refractivity contribution in [2.24, 2.45) is 0 Å². The Morgan fingerprint density at radius 2 is 2.04 bits per heavy atom. The molecule has 3 rings (SSSR count). The molecule has 124 valence electrons. The standard InChI is InChI=1S/C17H15ClN2O4/c18-11-16(21)19-8-9-24-15-7-6-13(20(22)23)10-14(15)17(19)12-4-2-1-3-5-12/h1-7,10,17H,8-9,11H2. The summed E-state index contributed by atoms with van der Waals surface area (Å²) in [7, 11) is 0. The van der Waals surface area contributed by atoms with Crippen molar-refractivity contribution in [1.82, 2.24) is 4.90 Å². The van der Waals surface area contributed by atoms with E-state index in [1.54, 1.807) is 11.0 Å². The van der Waals surface area contributed by atoms with Gasteiger partial charge in [0.2, 0.25) is 5.91 Å². The summed E-state index contributed by atoms with van der Waals surface area (Å²) in [5.41, 5.74) is 1.40. The van der Waals surface area contributed by atoms with E-state index < -0.39 is 11.0 Å². The Kier molecular flexibility index (Phi) is 4.66. The van der Waals surface area contributed by atoms with Crippen molar-refractivity contribution in [2.75, 3.05) is 19.0 Å². The van der Waals surface area contributed by atoms with E-state index in [1.807, 2.05) is 30.3 Å². The molecule has 0 bridgehead atoms. The zero-order valence-electron chi connectivity index (χ0n) is 12.7. The van der Waals surface area contributed by atoms with Crippen LogP contribution in [-0.2, 0) is 4.79 Å². The first-order valence-electron chi connectivity index (χ1n) is 7.43. The van der Waals surface area contributed by atoms with Crippen LogP contribution in [0.15, 0.2) is 48.5 Å². The molecular weight excluding hydrogens is 332 g/mol. The number of ether oxygens (including phenoxy) is 1. The lowest BCUT2D eigenvalue weighted by Gasteiger charge is -2.30. The molecule has 0 saturated carbocycles. The number of hydrogen-bond acceptors (Lipinski definition) is 4. The van der Waals surface area contributed by atoms with Crippen LogP contribution < -0.4 is 4.74 Å². The van der Waals surface area contributed by atoms with Gasteiger partial charge in [0.05, 0.1) is 17.5 Å². The molecule has 0 radical (unpaired) electrons. The van der Waals surface area contributed by atoms with Gasteiger partial charge in [-0.1, -0.05) is 30.3 Å². The SMILES string of the molecule is O=C(CCl)N1CCOc2ccc([N+](=O)[O-])cc2C1c1ccccc1. The Morgan fingerprint density at radius 3 is 2.71 bits per heavy atom. The largest absolute Gasteiger partial charge is 0.491 e. The number of fused-ring (bicyclic) bond motifs is 1. The van der Waals surface area contributed by atoms with Crippen LogP contribution in [0.25, 0.3) is 0 Å². The number of halogens is 1. The molecular formula is C17H15ClN2O4. The van der Waals surface area contributed by atoms with Gasteiger partial charge in [-0.25, -0.2) is 0 Å². The highest BCUT2D eigenvalue weighted by atomic mass is 35.5. The van der Waals surface area contributed by atoms with E-state index in [2.05, 4.69) is 0 Å². The van der Waals surface area contributed by atoms with Gasteiger partial charge < -0.3 is 9.64 Å². The van der Waals surface area contributed by atoms with E-state index in [-0.39, 0.29) is 17.5 Å². The summed E-state index contributed by atoms with van der Waals surface area (Å²) in [6.45, 7) is 0.657. The van der Waals surface area contributed by atoms with Gasteiger partial charge in [-0.3, -0.25) is 14.9 Å². The van der Waals surface area contributed by atoms with Gasteiger partial charge in [0.25, 0.3) is 5.69 Å². The average Bonchev–Trinajstić information content (AvgIpc) is 2.80. The number of nitro groups is 1. The third kappa shape index (κ3) is 3.05. The van der Waals surface area contributed by atoms with Crippen LogP contribution in [0.5, 0.6) is 5.75 Å². The van der Waals surface area contributed by atoms with E-state index >= 15 is 0 Å². The minimum absolute atomic E-state index is 0.0431. The van der Waals surface area contributed by atoms with Gasteiger partial charge in [0.1, 0.15) is 18.2 Å². The van der Waals surface area contributed by atoms with Crippen molar-refractivity contribution in [3.63, 3.8) is 0 Å². The molecule has 1 unspecified atom stereocenters. The maximum Gasteiger partial charge on any atom is 0.270 e. The molecule has 1 aliphatic rings. The molecule has 0 aliphatic carbocycles. The third-order valence-corrected chi connectivity index (χ3v) is 4.18. The minimum Gasteiger partial charge on any atom is -0.491 e. The van der Waals surface area contributed by atoms with Gasteiger partial charge in [0, 0.05) is 17.7 Å². The highest BCUT2D eigenvalue weighted by molar-refractivity contribution is 6.27. The van der Waals surface area contributed by atoms with Crippen molar-refractivity contribution in [3.8, 4) is 5.75 Å². The lowest BCUT2D eigenvalue weighted by Crippen LogP contribution is -2.37. The van der Waals surface area contributed by atoms with Gasteiger partial charge in [-0.15, -0.1) is 11.6 Å². The van der Waals surface area contributed by atoms with Crippen LogP contribution >= 0.6 is 11.6 Å². The molecule has 1 atom stereocenters. The number of nitro benzene ring substituents is 1. The number of amides is 1. The second-order valence-corrected chi connectivity index (χ2v) is 5.63. The average molecular weight is 347 g/mol. The molecule has 6 nitrogen and oxygen atoms in total. The van der Waals surface area contributed by atoms with Crippen molar-refractivity contribution in [3.05, 3.63) is 69.8 Å². The van der Waals surface area contributed by atoms with Crippen molar-refractivity contribution in [2.45, 2.75) is 6.04 Å². The molecule has 2 aromatic carbocycles. The van der Waals surface area contributed by atoms with Gasteiger partial charge >= 0.3 is 0 Å². The number of carbonyl (C=O) groups is 1. The van der Waals surface area contributed by atoms with Crippen molar-refractivity contribution >= 4 is 23.2 Å². The number of hydrogen-bond donors (Lipinski definition) is 0. The molecule has 0 aromatic heterocycles. The fourth-order valence-corrected chi connectivity index (χ4v) is 3.04. The first kappa shape index (κ1) is 16.3. The molecule has 0 spiro atoms. The topological polar surface area (TPSA) is 72.7 Å². The van der Waals surface area contributed by atoms with E-state index in [0.29, 0.717) is 24.5 Å². The second kappa shape index (κ2) is 6.88. The van der Waals surface area contributed by atoms with E-state index in [0.717, 1.165) is 5.56 Å². The number of rotatable bonds is 3. The Labute approximate surface area is 143 Å². The molecule has 1 heterocycles. The molecule has 24 heavy (non-hydrogen) atoms. The lowest BCUT2D eigenvalue weighted by atomic mass is 9.96. The Morgan fingerprint density at radius 1 is 1.29 bits per heavy atom. The van der Waals surface area contributed by atoms with Gasteiger partial charge in [0.15, 0.2) is 0 Å². The molecule has 7 heteroatoms. The molecule has 0 saturated heterocycles. The Hall–Kier alpha value is -2.60. The van der Waals surface area contributed by atoms with E-state index in [4.69, 9.17) is 16.3 Å². The number of nitrogens with zero attached hydrogens (tertiary/aromatic N) is 2. The number of non-ortho nitro benzene ring substituents is 1. The number of benzene rings is 2. The van der Waals surface area contributed by atoms with Gasteiger partial charge in [-0.05, 0) is 11.6 Å². The van der Waals surface area contributed by atoms with E-state index in [1.165, 1.54) is 12.1 Å². The fourth-order valence-electron chi connectivity index (χ4n) is 2.89. The monoisotopic (exact) mass is 346 g/mol.